The number of unbranched alkanes of at least 4 members (excludes halogenated alkanes) is 1. The summed E-state index contributed by atoms with van der Waals surface area (Å²) in [6.45, 7) is 2.56. The average molecular weight is 406 g/mol. The van der Waals surface area contributed by atoms with Gasteiger partial charge in [0.1, 0.15) is 0 Å². The molecule has 0 rings (SSSR count). The summed E-state index contributed by atoms with van der Waals surface area (Å²) in [7, 11) is -13.2. The van der Waals surface area contributed by atoms with Gasteiger partial charge in [-0.05, 0) is 19.3 Å². The van der Waals surface area contributed by atoms with Crippen LogP contribution in [0.15, 0.2) is 12.7 Å². The molecule has 0 heterocycles. The highest BCUT2D eigenvalue weighted by Gasteiger charge is 2.62. The van der Waals surface area contributed by atoms with Crippen LogP contribution in [0, 0.1) is 0 Å². The molecule has 0 fully saturated rings. The fourth-order valence-electron chi connectivity index (χ4n) is 1.42. The zero-order valence-corrected chi connectivity index (χ0v) is 13.4. The van der Waals surface area contributed by atoms with Crippen molar-refractivity contribution in [2.75, 3.05) is 6.61 Å². The van der Waals surface area contributed by atoms with Crippen LogP contribution in [-0.4, -0.2) is 45.0 Å². The van der Waals surface area contributed by atoms with Crippen molar-refractivity contribution in [3.05, 3.63) is 12.7 Å². The van der Waals surface area contributed by atoms with Crippen molar-refractivity contribution < 1.29 is 52.7 Å². The third-order valence-electron chi connectivity index (χ3n) is 2.58. The van der Waals surface area contributed by atoms with Crippen LogP contribution in [-0.2, 0) is 29.2 Å². The highest BCUT2D eigenvalue weighted by atomic mass is 32.3. The summed E-state index contributed by atoms with van der Waals surface area (Å²) in [5.41, 5.74) is -12.4. The summed E-state index contributed by atoms with van der Waals surface area (Å²) in [5, 5.41) is 0. The first-order valence-corrected chi connectivity index (χ1v) is 9.07. The molecule has 0 aliphatic carbocycles. The van der Waals surface area contributed by atoms with E-state index in [1.165, 1.54) is 0 Å². The van der Waals surface area contributed by atoms with E-state index in [1.807, 2.05) is 0 Å². The second kappa shape index (κ2) is 7.72. The van der Waals surface area contributed by atoms with Gasteiger partial charge in [-0.15, -0.1) is 0 Å². The predicted octanol–water partition coefficient (Wildman–Crippen LogP) is 2.08. The SMILES string of the molecule is C=CC(=O)OCCCCC(S(=O)(=O)C(F)(F)F)S(=O)(=O)C(F)(F)F. The van der Waals surface area contributed by atoms with E-state index in [-0.39, 0.29) is 6.42 Å². The van der Waals surface area contributed by atoms with E-state index in [4.69, 9.17) is 0 Å². The lowest BCUT2D eigenvalue weighted by Gasteiger charge is -2.20. The minimum atomic E-state index is -6.62. The molecule has 0 unspecified atom stereocenters. The molecule has 0 aliphatic rings. The van der Waals surface area contributed by atoms with Crippen molar-refractivity contribution in [2.24, 2.45) is 0 Å². The number of hydrogen-bond acceptors (Lipinski definition) is 6. The number of hydrogen-bond donors (Lipinski definition) is 0. The molecule has 0 atom stereocenters. The van der Waals surface area contributed by atoms with Gasteiger partial charge in [0.15, 0.2) is 4.58 Å². The standard InChI is InChI=1S/C10H12F6O6S2/c1-2-7(17)22-6-4-3-5-8(23(18,19)9(11,12)13)24(20,21)10(14,15)16/h2,8H,1,3-6H2. The third-order valence-corrected chi connectivity index (χ3v) is 7.25. The van der Waals surface area contributed by atoms with Gasteiger partial charge in [0.2, 0.25) is 0 Å². The van der Waals surface area contributed by atoms with Gasteiger partial charge in [-0.25, -0.2) is 21.6 Å². The Balaban J connectivity index is 5.34. The van der Waals surface area contributed by atoms with E-state index in [2.05, 4.69) is 11.3 Å². The molecule has 0 saturated heterocycles. The molecule has 0 spiro atoms. The molecule has 0 amide bonds. The Bertz CT molecular complexity index is 617. The van der Waals surface area contributed by atoms with E-state index >= 15 is 0 Å². The van der Waals surface area contributed by atoms with Crippen LogP contribution in [0.1, 0.15) is 19.3 Å². The third kappa shape index (κ3) is 5.36. The molecule has 0 saturated carbocycles. The summed E-state index contributed by atoms with van der Waals surface area (Å²) < 4.78 is 120. The zero-order valence-electron chi connectivity index (χ0n) is 11.7. The molecule has 0 N–H and O–H groups in total. The highest BCUT2D eigenvalue weighted by molar-refractivity contribution is 8.09. The molecule has 142 valence electrons. The van der Waals surface area contributed by atoms with E-state index in [1.54, 1.807) is 0 Å². The Morgan fingerprint density at radius 3 is 1.71 bits per heavy atom. The molecule has 0 aliphatic heterocycles. The smallest absolute Gasteiger partial charge is 0.463 e. The Hall–Kier alpha value is -1.31. The number of ether oxygens (including phenoxy) is 1. The lowest BCUT2D eigenvalue weighted by molar-refractivity contribution is -0.137. The molecule has 0 aromatic rings. The van der Waals surface area contributed by atoms with Crippen LogP contribution < -0.4 is 0 Å². The number of alkyl halides is 6. The average Bonchev–Trinajstić information content (AvgIpc) is 2.39. The molecule has 14 heteroatoms. The monoisotopic (exact) mass is 406 g/mol. The Morgan fingerprint density at radius 1 is 0.958 bits per heavy atom. The number of sulfone groups is 2. The second-order valence-corrected chi connectivity index (χ2v) is 8.82. The Kier molecular flexibility index (Phi) is 7.29. The van der Waals surface area contributed by atoms with Crippen LogP contribution in [0.25, 0.3) is 0 Å². The molecular weight excluding hydrogens is 394 g/mol. The van der Waals surface area contributed by atoms with Crippen LogP contribution in [0.2, 0.25) is 0 Å². The minimum Gasteiger partial charge on any atom is -0.463 e. The van der Waals surface area contributed by atoms with Gasteiger partial charge < -0.3 is 4.74 Å². The molecule has 0 radical (unpaired) electrons. The number of carbonyl (C=O) groups excluding carboxylic acids is 1. The summed E-state index contributed by atoms with van der Waals surface area (Å²) in [6, 6.07) is 0. The maximum absolute atomic E-state index is 12.4. The summed E-state index contributed by atoms with van der Waals surface area (Å²) in [4.78, 5) is 10.7. The Morgan fingerprint density at radius 2 is 1.38 bits per heavy atom. The van der Waals surface area contributed by atoms with E-state index < -0.39 is 60.7 Å². The molecular formula is C10H12F6O6S2. The zero-order chi connectivity index (χ0) is 19.4. The summed E-state index contributed by atoms with van der Waals surface area (Å²) in [6.07, 6.45) is -1.75. The first-order chi connectivity index (χ1) is 10.6. The lowest BCUT2D eigenvalue weighted by atomic mass is 10.3. The number of esters is 1. The molecule has 24 heavy (non-hydrogen) atoms. The van der Waals surface area contributed by atoms with Crippen molar-refractivity contribution in [3.8, 4) is 0 Å². The van der Waals surface area contributed by atoms with Crippen molar-refractivity contribution in [2.45, 2.75) is 34.9 Å². The van der Waals surface area contributed by atoms with E-state index in [9.17, 15) is 48.0 Å². The van der Waals surface area contributed by atoms with Crippen molar-refractivity contribution in [1.29, 1.82) is 0 Å². The topological polar surface area (TPSA) is 94.6 Å². The molecule has 6 nitrogen and oxygen atoms in total. The number of rotatable bonds is 8. The van der Waals surface area contributed by atoms with Gasteiger partial charge in [-0.1, -0.05) is 6.58 Å². The van der Waals surface area contributed by atoms with Gasteiger partial charge in [-0.2, -0.15) is 26.3 Å². The second-order valence-electron chi connectivity index (χ2n) is 4.28. The van der Waals surface area contributed by atoms with E-state index in [0.29, 0.717) is 0 Å². The minimum absolute atomic E-state index is 0.350. The molecule has 0 bridgehead atoms. The van der Waals surface area contributed by atoms with Crippen LogP contribution in [0.3, 0.4) is 0 Å². The molecule has 0 aromatic carbocycles. The molecule has 0 aromatic heterocycles. The van der Waals surface area contributed by atoms with Crippen LogP contribution in [0.5, 0.6) is 0 Å². The van der Waals surface area contributed by atoms with E-state index in [0.717, 1.165) is 6.08 Å². The number of halogens is 6. The van der Waals surface area contributed by atoms with Gasteiger partial charge in [0.25, 0.3) is 19.7 Å². The first kappa shape index (κ1) is 22.7. The van der Waals surface area contributed by atoms with Gasteiger partial charge in [-0.3, -0.25) is 0 Å². The first-order valence-electron chi connectivity index (χ1n) is 5.98. The quantitative estimate of drug-likeness (QED) is 0.265. The van der Waals surface area contributed by atoms with Crippen LogP contribution in [0.4, 0.5) is 26.3 Å². The normalized spacial score (nSPS) is 13.8. The Labute approximate surface area is 133 Å². The number of carbonyl (C=O) groups is 1. The predicted molar refractivity (Wildman–Crippen MR) is 68.7 cm³/mol. The van der Waals surface area contributed by atoms with Crippen molar-refractivity contribution in [1.82, 2.24) is 0 Å². The lowest BCUT2D eigenvalue weighted by Crippen LogP contribution is -2.44. The fraction of sp³-hybridized carbons (Fsp3) is 0.700. The van der Waals surface area contributed by atoms with Crippen molar-refractivity contribution in [3.63, 3.8) is 0 Å². The summed E-state index contributed by atoms with van der Waals surface area (Å²) >= 11 is 0. The summed E-state index contributed by atoms with van der Waals surface area (Å²) in [5.74, 6) is -0.919. The maximum Gasteiger partial charge on any atom is 0.498 e. The van der Waals surface area contributed by atoms with Gasteiger partial charge in [0, 0.05) is 6.08 Å². The highest BCUT2D eigenvalue weighted by Crippen LogP contribution is 2.38. The largest absolute Gasteiger partial charge is 0.498 e. The van der Waals surface area contributed by atoms with Gasteiger partial charge >= 0.3 is 17.0 Å². The van der Waals surface area contributed by atoms with Gasteiger partial charge in [0.05, 0.1) is 6.61 Å². The maximum atomic E-state index is 12.4. The van der Waals surface area contributed by atoms with Crippen LogP contribution >= 0.6 is 0 Å². The van der Waals surface area contributed by atoms with Crippen molar-refractivity contribution >= 4 is 25.6 Å². The fourth-order valence-corrected chi connectivity index (χ4v) is 4.96.